The minimum Gasteiger partial charge on any atom is -0.507 e. The lowest BCUT2D eigenvalue weighted by Crippen LogP contribution is -2.16. The second-order valence-corrected chi connectivity index (χ2v) is 6.22. The number of phenols is 1. The number of halogens is 6. The van der Waals surface area contributed by atoms with E-state index >= 15 is 0 Å². The molecule has 0 saturated carbocycles. The second-order valence-electron chi connectivity index (χ2n) is 5.30. The third kappa shape index (κ3) is 4.68. The van der Waals surface area contributed by atoms with Gasteiger partial charge in [0, 0.05) is 22.6 Å². The molecule has 2 rings (SSSR count). The first-order valence-corrected chi connectivity index (χ1v) is 7.57. The molecule has 0 unspecified atom stereocenters. The molecule has 0 spiro atoms. The van der Waals surface area contributed by atoms with E-state index < -0.39 is 40.6 Å². The van der Waals surface area contributed by atoms with Crippen molar-refractivity contribution in [3.05, 3.63) is 57.6 Å². The number of carbonyl (C=O) groups is 1. The van der Waals surface area contributed by atoms with Crippen molar-refractivity contribution in [1.82, 2.24) is 0 Å². The van der Waals surface area contributed by atoms with Crippen LogP contribution in [0.1, 0.15) is 28.4 Å². The molecule has 0 heterocycles. The Morgan fingerprint density at radius 1 is 1.04 bits per heavy atom. The number of rotatable bonds is 3. The first-order valence-electron chi connectivity index (χ1n) is 6.78. The van der Waals surface area contributed by atoms with Crippen LogP contribution in [0, 0.1) is 0 Å². The topological polar surface area (TPSA) is 49.3 Å². The molecule has 0 aliphatic heterocycles. The summed E-state index contributed by atoms with van der Waals surface area (Å²) >= 11 is 3.09. The fourth-order valence-electron chi connectivity index (χ4n) is 2.01. The van der Waals surface area contributed by atoms with Gasteiger partial charge in [-0.25, -0.2) is 8.78 Å². The Hall–Kier alpha value is -2.16. The summed E-state index contributed by atoms with van der Waals surface area (Å²) in [6.45, 7) is 0.453. The molecule has 1 amide bonds. The van der Waals surface area contributed by atoms with Crippen LogP contribution in [-0.2, 0) is 12.1 Å². The summed E-state index contributed by atoms with van der Waals surface area (Å²) in [4.78, 5) is 12.1. The molecule has 0 bridgehead atoms. The summed E-state index contributed by atoms with van der Waals surface area (Å²) in [5, 5.41) is 11.8. The van der Waals surface area contributed by atoms with Gasteiger partial charge in [0.25, 0.3) is 11.8 Å². The van der Waals surface area contributed by atoms with E-state index in [-0.39, 0.29) is 5.56 Å². The predicted molar refractivity (Wildman–Crippen MR) is 84.8 cm³/mol. The second kappa shape index (κ2) is 6.62. The van der Waals surface area contributed by atoms with Crippen LogP contribution in [0.25, 0.3) is 0 Å². The van der Waals surface area contributed by atoms with Gasteiger partial charge < -0.3 is 10.4 Å². The Morgan fingerprint density at radius 2 is 1.64 bits per heavy atom. The van der Waals surface area contributed by atoms with E-state index in [2.05, 4.69) is 21.2 Å². The van der Waals surface area contributed by atoms with Crippen molar-refractivity contribution < 1.29 is 31.9 Å². The molecule has 25 heavy (non-hydrogen) atoms. The molecule has 0 saturated heterocycles. The van der Waals surface area contributed by atoms with Crippen LogP contribution in [0.4, 0.5) is 27.6 Å². The minimum atomic E-state index is -4.86. The first-order chi connectivity index (χ1) is 11.4. The number of hydrogen-bond donors (Lipinski definition) is 2. The Bertz CT molecular complexity index is 783. The molecule has 0 radical (unpaired) electrons. The minimum absolute atomic E-state index is 0.225. The van der Waals surface area contributed by atoms with E-state index in [1.54, 1.807) is 0 Å². The average Bonchev–Trinajstić information content (AvgIpc) is 2.47. The molecule has 2 N–H and O–H groups in total. The summed E-state index contributed by atoms with van der Waals surface area (Å²) in [5.41, 5.74) is -2.90. The van der Waals surface area contributed by atoms with Gasteiger partial charge in [0.2, 0.25) is 0 Å². The molecule has 0 fully saturated rings. The zero-order valence-electron chi connectivity index (χ0n) is 12.6. The molecule has 0 atom stereocenters. The third-order valence-electron chi connectivity index (χ3n) is 3.23. The van der Waals surface area contributed by atoms with Crippen molar-refractivity contribution in [2.24, 2.45) is 0 Å². The Labute approximate surface area is 147 Å². The van der Waals surface area contributed by atoms with Gasteiger partial charge in [-0.3, -0.25) is 4.79 Å². The van der Waals surface area contributed by atoms with E-state index in [1.807, 2.05) is 0 Å². The smallest absolute Gasteiger partial charge is 0.416 e. The van der Waals surface area contributed by atoms with E-state index in [0.717, 1.165) is 6.07 Å². The largest absolute Gasteiger partial charge is 0.507 e. The SMILES string of the molecule is CC(F)(F)c1cc(NC(=O)c2cc(Br)ccc2O)cc(C(F)(F)F)c1. The molecule has 0 aliphatic rings. The maximum absolute atomic E-state index is 13.5. The van der Waals surface area contributed by atoms with Crippen molar-refractivity contribution in [3.63, 3.8) is 0 Å². The van der Waals surface area contributed by atoms with Gasteiger partial charge in [-0.15, -0.1) is 0 Å². The highest BCUT2D eigenvalue weighted by atomic mass is 79.9. The maximum Gasteiger partial charge on any atom is 0.416 e. The van der Waals surface area contributed by atoms with Crippen LogP contribution in [0.3, 0.4) is 0 Å². The fourth-order valence-corrected chi connectivity index (χ4v) is 2.37. The lowest BCUT2D eigenvalue weighted by Gasteiger charge is -2.17. The van der Waals surface area contributed by atoms with Crippen LogP contribution in [-0.4, -0.2) is 11.0 Å². The number of nitrogens with one attached hydrogen (secondary N) is 1. The number of phenolic OH excluding ortho intramolecular Hbond substituents is 1. The number of alkyl halides is 5. The van der Waals surface area contributed by atoms with Gasteiger partial charge >= 0.3 is 6.18 Å². The highest BCUT2D eigenvalue weighted by molar-refractivity contribution is 9.10. The number of hydrogen-bond acceptors (Lipinski definition) is 2. The Balaban J connectivity index is 2.45. The first kappa shape index (κ1) is 19.2. The van der Waals surface area contributed by atoms with Gasteiger partial charge in [0.1, 0.15) is 5.75 Å². The molecular formula is C16H11BrF5NO2. The lowest BCUT2D eigenvalue weighted by molar-refractivity contribution is -0.137. The standard InChI is InChI=1S/C16H11BrF5NO2/c1-15(18,19)8-4-9(16(20,21)22)6-11(5-8)23-14(25)12-7-10(17)2-3-13(12)24/h2-7,24H,1H3,(H,23,25). The summed E-state index contributed by atoms with van der Waals surface area (Å²) in [7, 11) is 0. The van der Waals surface area contributed by atoms with Gasteiger partial charge in [0.05, 0.1) is 11.1 Å². The van der Waals surface area contributed by atoms with E-state index in [9.17, 15) is 31.9 Å². The lowest BCUT2D eigenvalue weighted by atomic mass is 10.0. The van der Waals surface area contributed by atoms with Crippen LogP contribution < -0.4 is 5.32 Å². The molecule has 0 aliphatic carbocycles. The zero-order chi connectivity index (χ0) is 19.0. The molecule has 134 valence electrons. The van der Waals surface area contributed by atoms with Crippen LogP contribution in [0.15, 0.2) is 40.9 Å². The number of anilines is 1. The molecule has 2 aromatic rings. The van der Waals surface area contributed by atoms with E-state index in [1.165, 1.54) is 18.2 Å². The van der Waals surface area contributed by atoms with Crippen LogP contribution in [0.5, 0.6) is 5.75 Å². The Morgan fingerprint density at radius 3 is 2.20 bits per heavy atom. The van der Waals surface area contributed by atoms with E-state index in [0.29, 0.717) is 23.5 Å². The number of benzene rings is 2. The molecule has 9 heteroatoms. The van der Waals surface area contributed by atoms with Crippen molar-refractivity contribution >= 4 is 27.5 Å². The Kier molecular flexibility index (Phi) is 5.08. The number of aromatic hydroxyl groups is 1. The summed E-state index contributed by atoms with van der Waals surface area (Å²) in [6, 6.07) is 5.52. The number of amides is 1. The van der Waals surface area contributed by atoms with Crippen molar-refractivity contribution in [2.75, 3.05) is 5.32 Å². The molecule has 3 nitrogen and oxygen atoms in total. The quantitative estimate of drug-likeness (QED) is 0.636. The molecule has 2 aromatic carbocycles. The molecular weight excluding hydrogens is 413 g/mol. The third-order valence-corrected chi connectivity index (χ3v) is 3.72. The van der Waals surface area contributed by atoms with Crippen LogP contribution >= 0.6 is 15.9 Å². The zero-order valence-corrected chi connectivity index (χ0v) is 14.2. The van der Waals surface area contributed by atoms with Gasteiger partial charge in [-0.2, -0.15) is 13.2 Å². The highest BCUT2D eigenvalue weighted by Gasteiger charge is 2.34. The van der Waals surface area contributed by atoms with Crippen molar-refractivity contribution in [2.45, 2.75) is 19.0 Å². The van der Waals surface area contributed by atoms with Crippen LogP contribution in [0.2, 0.25) is 0 Å². The van der Waals surface area contributed by atoms with Gasteiger partial charge in [0.15, 0.2) is 0 Å². The summed E-state index contributed by atoms with van der Waals surface area (Å²) in [6.07, 6.45) is -4.86. The monoisotopic (exact) mass is 423 g/mol. The number of carbonyl (C=O) groups excluding carboxylic acids is 1. The van der Waals surface area contributed by atoms with Gasteiger partial charge in [-0.05, 0) is 36.4 Å². The summed E-state index contributed by atoms with van der Waals surface area (Å²) in [5.74, 6) is -4.88. The fraction of sp³-hybridized carbons (Fsp3) is 0.188. The van der Waals surface area contributed by atoms with E-state index in [4.69, 9.17) is 0 Å². The van der Waals surface area contributed by atoms with Crippen molar-refractivity contribution in [3.8, 4) is 5.75 Å². The van der Waals surface area contributed by atoms with Gasteiger partial charge in [-0.1, -0.05) is 15.9 Å². The normalized spacial score (nSPS) is 12.1. The predicted octanol–water partition coefficient (Wildman–Crippen LogP) is 5.54. The molecule has 0 aromatic heterocycles. The average molecular weight is 424 g/mol. The highest BCUT2D eigenvalue weighted by Crippen LogP contribution is 2.37. The summed E-state index contributed by atoms with van der Waals surface area (Å²) < 4.78 is 66.1. The maximum atomic E-state index is 13.5. The van der Waals surface area contributed by atoms with Crippen molar-refractivity contribution in [1.29, 1.82) is 0 Å².